The maximum absolute atomic E-state index is 13.9. The van der Waals surface area contributed by atoms with Crippen LogP contribution >= 0.6 is 0 Å². The SMILES string of the molecule is O=S(=O)(NCc1nc(N2CCCC2)nc(N2CCOCC2)n1)c1cc(F)ccc1F. The van der Waals surface area contributed by atoms with Crippen LogP contribution in [0.15, 0.2) is 23.1 Å². The quantitative estimate of drug-likeness (QED) is 0.712. The van der Waals surface area contributed by atoms with E-state index in [1.807, 2.05) is 9.80 Å². The number of rotatable bonds is 6. The van der Waals surface area contributed by atoms with E-state index in [9.17, 15) is 17.2 Å². The van der Waals surface area contributed by atoms with Crippen LogP contribution in [0.25, 0.3) is 0 Å². The first-order valence-corrected chi connectivity index (χ1v) is 11.2. The summed E-state index contributed by atoms with van der Waals surface area (Å²) in [4.78, 5) is 16.6. The average Bonchev–Trinajstić information content (AvgIpc) is 3.29. The average molecular weight is 440 g/mol. The topological polar surface area (TPSA) is 101 Å². The molecule has 0 unspecified atom stereocenters. The third kappa shape index (κ3) is 4.65. The van der Waals surface area contributed by atoms with Gasteiger partial charge in [0, 0.05) is 26.2 Å². The van der Waals surface area contributed by atoms with Crippen molar-refractivity contribution < 1.29 is 21.9 Å². The van der Waals surface area contributed by atoms with E-state index in [0.717, 1.165) is 38.1 Å². The van der Waals surface area contributed by atoms with Crippen molar-refractivity contribution >= 4 is 21.9 Å². The minimum Gasteiger partial charge on any atom is -0.378 e. The molecule has 0 atom stereocenters. The fourth-order valence-electron chi connectivity index (χ4n) is 3.36. The van der Waals surface area contributed by atoms with Gasteiger partial charge >= 0.3 is 0 Å². The summed E-state index contributed by atoms with van der Waals surface area (Å²) in [5, 5.41) is 0. The number of hydrogen-bond donors (Lipinski definition) is 1. The molecule has 2 saturated heterocycles. The molecule has 0 spiro atoms. The number of aromatic nitrogens is 3. The van der Waals surface area contributed by atoms with E-state index < -0.39 is 26.6 Å². The van der Waals surface area contributed by atoms with Gasteiger partial charge in [-0.25, -0.2) is 21.9 Å². The fraction of sp³-hybridized carbons (Fsp3) is 0.500. The van der Waals surface area contributed by atoms with Gasteiger partial charge in [-0.3, -0.25) is 0 Å². The van der Waals surface area contributed by atoms with E-state index in [-0.39, 0.29) is 12.4 Å². The van der Waals surface area contributed by atoms with Gasteiger partial charge in [0.05, 0.1) is 19.8 Å². The Hall–Kier alpha value is -2.44. The van der Waals surface area contributed by atoms with Crippen LogP contribution in [-0.4, -0.2) is 62.8 Å². The number of benzene rings is 1. The molecule has 1 N–H and O–H groups in total. The van der Waals surface area contributed by atoms with Crippen LogP contribution in [0.2, 0.25) is 0 Å². The van der Waals surface area contributed by atoms with E-state index >= 15 is 0 Å². The summed E-state index contributed by atoms with van der Waals surface area (Å²) in [5.74, 6) is -0.751. The molecule has 0 aliphatic carbocycles. The third-order valence-electron chi connectivity index (χ3n) is 4.94. The number of sulfonamides is 1. The molecule has 2 aliphatic heterocycles. The number of morpholine rings is 1. The second-order valence-corrected chi connectivity index (χ2v) is 8.78. The van der Waals surface area contributed by atoms with Crippen molar-refractivity contribution in [2.45, 2.75) is 24.3 Å². The summed E-state index contributed by atoms with van der Waals surface area (Å²) in [5.41, 5.74) is 0. The maximum atomic E-state index is 13.9. The van der Waals surface area contributed by atoms with Gasteiger partial charge in [-0.15, -0.1) is 0 Å². The van der Waals surface area contributed by atoms with Gasteiger partial charge in [-0.05, 0) is 31.0 Å². The molecule has 4 rings (SSSR count). The maximum Gasteiger partial charge on any atom is 0.243 e. The Morgan fingerprint density at radius 2 is 1.60 bits per heavy atom. The Labute approximate surface area is 173 Å². The number of nitrogens with zero attached hydrogens (tertiary/aromatic N) is 5. The molecular formula is C18H22F2N6O3S. The van der Waals surface area contributed by atoms with Gasteiger partial charge in [0.15, 0.2) is 5.82 Å². The van der Waals surface area contributed by atoms with Crippen LogP contribution < -0.4 is 14.5 Å². The van der Waals surface area contributed by atoms with E-state index in [0.29, 0.717) is 44.3 Å². The highest BCUT2D eigenvalue weighted by atomic mass is 32.2. The molecule has 0 saturated carbocycles. The highest BCUT2D eigenvalue weighted by Gasteiger charge is 2.23. The van der Waals surface area contributed by atoms with Crippen molar-refractivity contribution in [3.63, 3.8) is 0 Å². The standard InChI is InChI=1S/C18H22F2N6O3S/c19-13-3-4-14(20)15(11-13)30(27,28)21-12-16-22-17(25-5-1-2-6-25)24-18(23-16)26-7-9-29-10-8-26/h3-4,11,21H,1-2,5-10,12H2. The minimum atomic E-state index is -4.29. The predicted molar refractivity (Wildman–Crippen MR) is 105 cm³/mol. The molecule has 2 aliphatic rings. The largest absolute Gasteiger partial charge is 0.378 e. The molecule has 0 radical (unpaired) electrons. The third-order valence-corrected chi connectivity index (χ3v) is 6.36. The summed E-state index contributed by atoms with van der Waals surface area (Å²) in [6, 6.07) is 2.27. The predicted octanol–water partition coefficient (Wildman–Crippen LogP) is 1.07. The second-order valence-electron chi connectivity index (χ2n) is 7.04. The molecule has 3 heterocycles. The van der Waals surface area contributed by atoms with Crippen molar-refractivity contribution in [3.05, 3.63) is 35.7 Å². The summed E-state index contributed by atoms with van der Waals surface area (Å²) in [6.45, 7) is 3.67. The molecule has 0 amide bonds. The molecule has 9 nitrogen and oxygen atoms in total. The van der Waals surface area contributed by atoms with E-state index in [1.165, 1.54) is 0 Å². The monoisotopic (exact) mass is 440 g/mol. The molecule has 1 aromatic heterocycles. The van der Waals surface area contributed by atoms with Crippen LogP contribution in [0, 0.1) is 11.6 Å². The Balaban J connectivity index is 1.59. The Bertz CT molecular complexity index is 1010. The first-order valence-electron chi connectivity index (χ1n) is 9.70. The van der Waals surface area contributed by atoms with Crippen molar-refractivity contribution in [3.8, 4) is 0 Å². The summed E-state index contributed by atoms with van der Waals surface area (Å²) < 4.78 is 59.9. The zero-order chi connectivity index (χ0) is 21.1. The zero-order valence-corrected chi connectivity index (χ0v) is 17.0. The highest BCUT2D eigenvalue weighted by Crippen LogP contribution is 2.20. The van der Waals surface area contributed by atoms with Crippen molar-refractivity contribution in [2.24, 2.45) is 0 Å². The normalized spacial score (nSPS) is 17.5. The molecule has 1 aromatic carbocycles. The molecule has 2 aromatic rings. The first-order chi connectivity index (χ1) is 14.4. The molecule has 2 fully saturated rings. The molecular weight excluding hydrogens is 418 g/mol. The van der Waals surface area contributed by atoms with Crippen LogP contribution in [-0.2, 0) is 21.3 Å². The van der Waals surface area contributed by atoms with E-state index in [1.54, 1.807) is 0 Å². The summed E-state index contributed by atoms with van der Waals surface area (Å²) >= 11 is 0. The lowest BCUT2D eigenvalue weighted by Crippen LogP contribution is -2.38. The highest BCUT2D eigenvalue weighted by molar-refractivity contribution is 7.89. The number of hydrogen-bond acceptors (Lipinski definition) is 8. The van der Waals surface area contributed by atoms with Crippen LogP contribution in [0.5, 0.6) is 0 Å². The first kappa shape index (κ1) is 20.8. The number of anilines is 2. The molecule has 12 heteroatoms. The molecule has 162 valence electrons. The Morgan fingerprint density at radius 1 is 0.967 bits per heavy atom. The lowest BCUT2D eigenvalue weighted by Gasteiger charge is -2.28. The van der Waals surface area contributed by atoms with Crippen molar-refractivity contribution in [1.29, 1.82) is 0 Å². The van der Waals surface area contributed by atoms with Gasteiger partial charge in [0.25, 0.3) is 0 Å². The molecule has 0 bridgehead atoms. The van der Waals surface area contributed by atoms with E-state index in [2.05, 4.69) is 19.7 Å². The summed E-state index contributed by atoms with van der Waals surface area (Å²) in [6.07, 6.45) is 2.05. The van der Waals surface area contributed by atoms with Gasteiger partial charge in [-0.1, -0.05) is 0 Å². The van der Waals surface area contributed by atoms with Crippen LogP contribution in [0.3, 0.4) is 0 Å². The smallest absolute Gasteiger partial charge is 0.243 e. The van der Waals surface area contributed by atoms with Crippen LogP contribution in [0.4, 0.5) is 20.7 Å². The lowest BCUT2D eigenvalue weighted by atomic mass is 10.3. The Kier molecular flexibility index (Phi) is 6.06. The van der Waals surface area contributed by atoms with Gasteiger partial charge in [0.2, 0.25) is 21.9 Å². The number of ether oxygens (including phenoxy) is 1. The number of nitrogens with one attached hydrogen (secondary N) is 1. The zero-order valence-electron chi connectivity index (χ0n) is 16.2. The minimum absolute atomic E-state index is 0.203. The van der Waals surface area contributed by atoms with Gasteiger partial charge < -0.3 is 14.5 Å². The lowest BCUT2D eigenvalue weighted by molar-refractivity contribution is 0.122. The number of halogens is 2. The second kappa shape index (κ2) is 8.74. The molecule has 30 heavy (non-hydrogen) atoms. The summed E-state index contributed by atoms with van der Waals surface area (Å²) in [7, 11) is -4.29. The van der Waals surface area contributed by atoms with Gasteiger partial charge in [-0.2, -0.15) is 15.0 Å². The van der Waals surface area contributed by atoms with E-state index in [4.69, 9.17) is 4.74 Å². The Morgan fingerprint density at radius 3 is 2.27 bits per heavy atom. The van der Waals surface area contributed by atoms with Crippen LogP contribution in [0.1, 0.15) is 18.7 Å². The van der Waals surface area contributed by atoms with Crippen molar-refractivity contribution in [2.75, 3.05) is 49.2 Å². The fourth-order valence-corrected chi connectivity index (χ4v) is 4.43. The van der Waals surface area contributed by atoms with Crippen molar-refractivity contribution in [1.82, 2.24) is 19.7 Å². The van der Waals surface area contributed by atoms with Gasteiger partial charge in [0.1, 0.15) is 16.5 Å².